The van der Waals surface area contributed by atoms with E-state index in [4.69, 9.17) is 15.8 Å². The van der Waals surface area contributed by atoms with Gasteiger partial charge in [0.05, 0.1) is 6.04 Å². The summed E-state index contributed by atoms with van der Waals surface area (Å²) in [6.45, 7) is 3.86. The van der Waals surface area contributed by atoms with Crippen LogP contribution < -0.4 is 16.5 Å². The fourth-order valence-corrected chi connectivity index (χ4v) is 2.16. The van der Waals surface area contributed by atoms with Gasteiger partial charge in [0.15, 0.2) is 0 Å². The number of hydrogen-bond donors (Lipinski definition) is 5. The van der Waals surface area contributed by atoms with Crippen LogP contribution in [0.2, 0.25) is 0 Å². The van der Waals surface area contributed by atoms with Crippen molar-refractivity contribution in [1.82, 2.24) is 5.32 Å². The maximum absolute atomic E-state index is 12.0. The lowest BCUT2D eigenvalue weighted by Gasteiger charge is -2.19. The number of rotatable bonds is 8. The molecule has 1 aromatic rings. The standard InChI is InChI=1S/C15H23BN2O5/c1-9(2)7-12(17)14(19)18-13(15(20)21)8-10-3-5-11(6-4-10)16(22)23/h3-6,9,12-13,22-23H,7-8,17H2,1-2H3,(H,18,19)(H,20,21)/t12-,13-/m0/s1. The molecule has 0 fully saturated rings. The highest BCUT2D eigenvalue weighted by atomic mass is 16.4. The lowest BCUT2D eigenvalue weighted by atomic mass is 9.80. The van der Waals surface area contributed by atoms with Crippen LogP contribution in [0.4, 0.5) is 0 Å². The predicted molar refractivity (Wildman–Crippen MR) is 87.0 cm³/mol. The van der Waals surface area contributed by atoms with Gasteiger partial charge in [-0.3, -0.25) is 4.79 Å². The molecule has 0 radical (unpaired) electrons. The summed E-state index contributed by atoms with van der Waals surface area (Å²) < 4.78 is 0. The molecule has 0 aromatic heterocycles. The number of nitrogens with two attached hydrogens (primary N) is 1. The van der Waals surface area contributed by atoms with Crippen LogP contribution in [0.3, 0.4) is 0 Å². The Labute approximate surface area is 135 Å². The molecule has 0 saturated carbocycles. The van der Waals surface area contributed by atoms with Gasteiger partial charge in [0, 0.05) is 6.42 Å². The van der Waals surface area contributed by atoms with Crippen LogP contribution in [0.15, 0.2) is 24.3 Å². The van der Waals surface area contributed by atoms with Crippen molar-refractivity contribution in [1.29, 1.82) is 0 Å². The minimum absolute atomic E-state index is 0.0806. The van der Waals surface area contributed by atoms with Crippen molar-refractivity contribution in [3.05, 3.63) is 29.8 Å². The summed E-state index contributed by atoms with van der Waals surface area (Å²) >= 11 is 0. The molecule has 7 nitrogen and oxygen atoms in total. The molecule has 0 aliphatic carbocycles. The van der Waals surface area contributed by atoms with E-state index in [2.05, 4.69) is 5.32 Å². The Balaban J connectivity index is 2.72. The quantitative estimate of drug-likeness (QED) is 0.384. The fourth-order valence-electron chi connectivity index (χ4n) is 2.16. The molecule has 0 saturated heterocycles. The first-order valence-corrected chi connectivity index (χ1v) is 7.44. The molecular weight excluding hydrogens is 299 g/mol. The number of hydrogen-bond acceptors (Lipinski definition) is 5. The van der Waals surface area contributed by atoms with Crippen molar-refractivity contribution in [3.8, 4) is 0 Å². The molecule has 0 spiro atoms. The van der Waals surface area contributed by atoms with Gasteiger partial charge in [-0.15, -0.1) is 0 Å². The maximum Gasteiger partial charge on any atom is 0.488 e. The highest BCUT2D eigenvalue weighted by Gasteiger charge is 2.24. The van der Waals surface area contributed by atoms with Gasteiger partial charge in [-0.1, -0.05) is 38.1 Å². The summed E-state index contributed by atoms with van der Waals surface area (Å²) in [5.41, 5.74) is 6.71. The van der Waals surface area contributed by atoms with E-state index >= 15 is 0 Å². The van der Waals surface area contributed by atoms with Gasteiger partial charge in [0.2, 0.25) is 5.91 Å². The third kappa shape index (κ3) is 6.39. The van der Waals surface area contributed by atoms with Gasteiger partial charge in [0.25, 0.3) is 0 Å². The van der Waals surface area contributed by atoms with Gasteiger partial charge in [-0.25, -0.2) is 4.79 Å². The summed E-state index contributed by atoms with van der Waals surface area (Å²) in [4.78, 5) is 23.3. The Hall–Kier alpha value is -1.90. The van der Waals surface area contributed by atoms with E-state index in [0.717, 1.165) is 0 Å². The first-order chi connectivity index (χ1) is 10.7. The smallest absolute Gasteiger partial charge is 0.480 e. The monoisotopic (exact) mass is 322 g/mol. The normalized spacial score (nSPS) is 13.5. The van der Waals surface area contributed by atoms with Crippen LogP contribution in [0, 0.1) is 5.92 Å². The first kappa shape index (κ1) is 19.2. The average Bonchev–Trinajstić information content (AvgIpc) is 2.46. The number of aliphatic carboxylic acids is 1. The molecule has 126 valence electrons. The molecule has 1 amide bonds. The van der Waals surface area contributed by atoms with Crippen LogP contribution >= 0.6 is 0 Å². The van der Waals surface area contributed by atoms with Crippen LogP contribution in [-0.2, 0) is 16.0 Å². The van der Waals surface area contributed by atoms with E-state index in [1.165, 1.54) is 12.1 Å². The van der Waals surface area contributed by atoms with E-state index in [9.17, 15) is 14.7 Å². The zero-order chi connectivity index (χ0) is 17.6. The number of carbonyl (C=O) groups excluding carboxylic acids is 1. The van der Waals surface area contributed by atoms with Crippen LogP contribution in [0.5, 0.6) is 0 Å². The summed E-state index contributed by atoms with van der Waals surface area (Å²) in [7, 11) is -1.58. The molecule has 0 aliphatic heterocycles. The average molecular weight is 322 g/mol. The number of nitrogens with one attached hydrogen (secondary N) is 1. The predicted octanol–water partition coefficient (Wildman–Crippen LogP) is -1.15. The number of carboxylic acid groups (broad SMARTS) is 1. The summed E-state index contributed by atoms with van der Waals surface area (Å²) in [6, 6.07) is 4.32. The second-order valence-electron chi connectivity index (χ2n) is 5.95. The zero-order valence-electron chi connectivity index (χ0n) is 13.3. The van der Waals surface area contributed by atoms with Crippen LogP contribution in [0.1, 0.15) is 25.8 Å². The first-order valence-electron chi connectivity index (χ1n) is 7.44. The van der Waals surface area contributed by atoms with Crippen molar-refractivity contribution in [3.63, 3.8) is 0 Å². The van der Waals surface area contributed by atoms with E-state index in [-0.39, 0.29) is 12.3 Å². The second kappa shape index (κ2) is 8.66. The van der Waals surface area contributed by atoms with Gasteiger partial charge < -0.3 is 26.2 Å². The Morgan fingerprint density at radius 1 is 1.22 bits per heavy atom. The number of carboxylic acids is 1. The highest BCUT2D eigenvalue weighted by Crippen LogP contribution is 2.06. The largest absolute Gasteiger partial charge is 0.488 e. The molecule has 23 heavy (non-hydrogen) atoms. The Kier molecular flexibility index (Phi) is 7.21. The van der Waals surface area contributed by atoms with Gasteiger partial charge in [-0.05, 0) is 23.4 Å². The molecule has 0 unspecified atom stereocenters. The third-order valence-corrected chi connectivity index (χ3v) is 3.39. The van der Waals surface area contributed by atoms with E-state index in [1.807, 2.05) is 13.8 Å². The molecule has 0 bridgehead atoms. The van der Waals surface area contributed by atoms with Gasteiger partial charge in [-0.2, -0.15) is 0 Å². The topological polar surface area (TPSA) is 133 Å². The Bertz CT molecular complexity index is 533. The number of carbonyl (C=O) groups is 2. The van der Waals surface area contributed by atoms with Gasteiger partial charge in [0.1, 0.15) is 6.04 Å². The van der Waals surface area contributed by atoms with Crippen molar-refractivity contribution in [2.24, 2.45) is 11.7 Å². The zero-order valence-corrected chi connectivity index (χ0v) is 13.3. The minimum atomic E-state index is -1.58. The van der Waals surface area contributed by atoms with E-state index in [1.54, 1.807) is 12.1 Å². The Morgan fingerprint density at radius 2 is 1.78 bits per heavy atom. The lowest BCUT2D eigenvalue weighted by molar-refractivity contribution is -0.142. The molecule has 0 aliphatic rings. The number of benzene rings is 1. The van der Waals surface area contributed by atoms with E-state index < -0.39 is 31.1 Å². The highest BCUT2D eigenvalue weighted by molar-refractivity contribution is 6.58. The molecule has 1 aromatic carbocycles. The molecule has 1 rings (SSSR count). The van der Waals surface area contributed by atoms with Crippen molar-refractivity contribution >= 4 is 24.5 Å². The number of amides is 1. The SMILES string of the molecule is CC(C)C[C@H](N)C(=O)N[C@@H](Cc1ccc(B(O)O)cc1)C(=O)O. The minimum Gasteiger partial charge on any atom is -0.480 e. The van der Waals surface area contributed by atoms with Crippen molar-refractivity contribution in [2.45, 2.75) is 38.8 Å². The van der Waals surface area contributed by atoms with Crippen molar-refractivity contribution in [2.75, 3.05) is 0 Å². The molecule has 6 N–H and O–H groups in total. The summed E-state index contributed by atoms with van der Waals surface area (Å²) in [6.07, 6.45) is 0.554. The second-order valence-corrected chi connectivity index (χ2v) is 5.95. The molecule has 8 heteroatoms. The Morgan fingerprint density at radius 3 is 2.22 bits per heavy atom. The summed E-state index contributed by atoms with van der Waals surface area (Å²) in [5, 5.41) is 29.8. The third-order valence-electron chi connectivity index (χ3n) is 3.39. The molecular formula is C15H23BN2O5. The fraction of sp³-hybridized carbons (Fsp3) is 0.467. The van der Waals surface area contributed by atoms with Crippen molar-refractivity contribution < 1.29 is 24.7 Å². The van der Waals surface area contributed by atoms with Gasteiger partial charge >= 0.3 is 13.1 Å². The van der Waals surface area contributed by atoms with E-state index in [0.29, 0.717) is 17.4 Å². The maximum atomic E-state index is 12.0. The molecule has 2 atom stereocenters. The van der Waals surface area contributed by atoms with Crippen LogP contribution in [0.25, 0.3) is 0 Å². The summed E-state index contributed by atoms with van der Waals surface area (Å²) in [5.74, 6) is -1.41. The molecule has 0 heterocycles. The lowest BCUT2D eigenvalue weighted by Crippen LogP contribution is -2.49. The van der Waals surface area contributed by atoms with Crippen LogP contribution in [-0.4, -0.2) is 46.2 Å².